The summed E-state index contributed by atoms with van der Waals surface area (Å²) in [6.07, 6.45) is 5.11. The highest BCUT2D eigenvalue weighted by molar-refractivity contribution is 8.18. The Morgan fingerprint density at radius 2 is 1.36 bits per heavy atom. The predicted molar refractivity (Wildman–Crippen MR) is 131 cm³/mol. The smallest absolute Gasteiger partial charge is 0.00745 e. The van der Waals surface area contributed by atoms with Gasteiger partial charge in [0.15, 0.2) is 0 Å². The van der Waals surface area contributed by atoms with Crippen molar-refractivity contribution in [3.05, 3.63) is 91.0 Å². The minimum Gasteiger partial charge on any atom is -0.0923 e. The van der Waals surface area contributed by atoms with Crippen molar-refractivity contribution in [2.24, 2.45) is 0 Å². The molecule has 0 radical (unpaired) electrons. The molecule has 3 aromatic rings. The Hall–Kier alpha value is -1.26. The van der Waals surface area contributed by atoms with Crippen LogP contribution in [0.15, 0.2) is 91.0 Å². The number of hydrogen-bond donors (Lipinski definition) is 0. The van der Waals surface area contributed by atoms with Crippen LogP contribution in [0.1, 0.15) is 26.2 Å². The molecule has 1 heterocycles. The van der Waals surface area contributed by atoms with Crippen LogP contribution in [-0.4, -0.2) is 17.5 Å². The van der Waals surface area contributed by atoms with E-state index < -0.39 is 6.04 Å². The molecule has 0 spiro atoms. The lowest BCUT2D eigenvalue weighted by molar-refractivity contribution is 0.705. The van der Waals surface area contributed by atoms with Crippen molar-refractivity contribution in [1.29, 1.82) is 0 Å². The SMILES string of the molecule is C[C@@H](C[C@H]1CCCP1(=S)c1ccccc1)P(c1ccccc1)c1ccccc1. The van der Waals surface area contributed by atoms with Crippen molar-refractivity contribution in [3.8, 4) is 0 Å². The fourth-order valence-electron chi connectivity index (χ4n) is 4.60. The van der Waals surface area contributed by atoms with E-state index in [4.69, 9.17) is 11.8 Å². The molecule has 1 unspecified atom stereocenters. The van der Waals surface area contributed by atoms with Gasteiger partial charge in [-0.1, -0.05) is 110 Å². The van der Waals surface area contributed by atoms with Crippen LogP contribution < -0.4 is 15.9 Å². The first-order valence-electron chi connectivity index (χ1n) is 10.2. The second-order valence-corrected chi connectivity index (χ2v) is 15.7. The molecule has 0 aliphatic carbocycles. The molecular weight excluding hydrogens is 394 g/mol. The molecule has 1 fully saturated rings. The maximum absolute atomic E-state index is 6.41. The first-order valence-corrected chi connectivity index (χ1v) is 14.7. The highest BCUT2D eigenvalue weighted by Gasteiger charge is 2.37. The van der Waals surface area contributed by atoms with Crippen molar-refractivity contribution < 1.29 is 0 Å². The molecule has 3 atom stereocenters. The van der Waals surface area contributed by atoms with E-state index in [0.717, 1.165) is 0 Å². The molecule has 1 saturated heterocycles. The van der Waals surface area contributed by atoms with Crippen LogP contribution in [0.2, 0.25) is 0 Å². The Morgan fingerprint density at radius 3 is 1.89 bits per heavy atom. The van der Waals surface area contributed by atoms with Crippen LogP contribution in [0.3, 0.4) is 0 Å². The lowest BCUT2D eigenvalue weighted by atomic mass is 10.2. The van der Waals surface area contributed by atoms with E-state index in [2.05, 4.69) is 97.9 Å². The predicted octanol–water partition coefficient (Wildman–Crippen LogP) is 5.87. The molecule has 28 heavy (non-hydrogen) atoms. The average molecular weight is 423 g/mol. The lowest BCUT2D eigenvalue weighted by Gasteiger charge is -2.32. The van der Waals surface area contributed by atoms with Crippen LogP contribution in [0.4, 0.5) is 0 Å². The van der Waals surface area contributed by atoms with Crippen LogP contribution in [-0.2, 0) is 11.8 Å². The lowest BCUT2D eigenvalue weighted by Crippen LogP contribution is -2.24. The summed E-state index contributed by atoms with van der Waals surface area (Å²) in [6, 6.07) is 31.8. The second kappa shape index (κ2) is 9.04. The molecule has 1 aliphatic heterocycles. The number of rotatable bonds is 6. The summed E-state index contributed by atoms with van der Waals surface area (Å²) in [5.41, 5.74) is 1.33. The average Bonchev–Trinajstić information content (AvgIpc) is 3.12. The first kappa shape index (κ1) is 20.0. The first-order chi connectivity index (χ1) is 13.7. The minimum absolute atomic E-state index is 0.367. The van der Waals surface area contributed by atoms with Crippen LogP contribution in [0.5, 0.6) is 0 Å². The summed E-state index contributed by atoms with van der Waals surface area (Å²) in [5, 5.41) is 4.44. The Kier molecular flexibility index (Phi) is 6.47. The fraction of sp³-hybridized carbons (Fsp3) is 0.280. The van der Waals surface area contributed by atoms with Gasteiger partial charge in [0.05, 0.1) is 0 Å². The Balaban J connectivity index is 1.63. The Bertz CT molecular complexity index is 885. The largest absolute Gasteiger partial charge is 0.0923 e. The van der Waals surface area contributed by atoms with Gasteiger partial charge in [0, 0.05) is 0 Å². The van der Waals surface area contributed by atoms with Crippen molar-refractivity contribution in [2.45, 2.75) is 37.5 Å². The monoisotopic (exact) mass is 422 g/mol. The molecule has 0 bridgehead atoms. The summed E-state index contributed by atoms with van der Waals surface area (Å²) in [5.74, 6) is 0. The molecule has 1 aliphatic rings. The number of hydrogen-bond acceptors (Lipinski definition) is 1. The third-order valence-corrected chi connectivity index (χ3v) is 14.6. The molecule has 0 N–H and O–H groups in total. The molecule has 144 valence electrons. The summed E-state index contributed by atoms with van der Waals surface area (Å²) in [6.45, 7) is 2.47. The normalized spacial score (nSPS) is 23.0. The Morgan fingerprint density at radius 1 is 0.857 bits per heavy atom. The van der Waals surface area contributed by atoms with E-state index in [1.165, 1.54) is 41.3 Å². The molecule has 0 amide bonds. The van der Waals surface area contributed by atoms with Crippen molar-refractivity contribution >= 4 is 41.7 Å². The van der Waals surface area contributed by atoms with Gasteiger partial charge >= 0.3 is 0 Å². The number of benzene rings is 3. The van der Waals surface area contributed by atoms with Crippen LogP contribution in [0.25, 0.3) is 0 Å². The van der Waals surface area contributed by atoms with Crippen molar-refractivity contribution in [1.82, 2.24) is 0 Å². The van der Waals surface area contributed by atoms with E-state index in [-0.39, 0.29) is 7.92 Å². The van der Waals surface area contributed by atoms with Gasteiger partial charge in [0.2, 0.25) is 0 Å². The minimum atomic E-state index is -1.47. The van der Waals surface area contributed by atoms with E-state index in [9.17, 15) is 0 Å². The van der Waals surface area contributed by atoms with Crippen molar-refractivity contribution in [2.75, 3.05) is 6.16 Å². The summed E-state index contributed by atoms with van der Waals surface area (Å²) < 4.78 is 0. The fourth-order valence-corrected chi connectivity index (χ4v) is 12.5. The van der Waals surface area contributed by atoms with Crippen LogP contribution in [0, 0.1) is 0 Å². The van der Waals surface area contributed by atoms with Gasteiger partial charge in [-0.05, 0) is 66.6 Å². The van der Waals surface area contributed by atoms with Crippen molar-refractivity contribution in [3.63, 3.8) is 0 Å². The third kappa shape index (κ3) is 4.18. The Labute approximate surface area is 176 Å². The van der Waals surface area contributed by atoms with E-state index >= 15 is 0 Å². The van der Waals surface area contributed by atoms with E-state index in [0.29, 0.717) is 11.3 Å². The maximum atomic E-state index is 6.41. The van der Waals surface area contributed by atoms with Crippen LogP contribution >= 0.6 is 14.0 Å². The topological polar surface area (TPSA) is 0 Å². The zero-order valence-corrected chi connectivity index (χ0v) is 19.1. The molecule has 0 nitrogen and oxygen atoms in total. The second-order valence-electron chi connectivity index (χ2n) is 7.78. The van der Waals surface area contributed by atoms with Gasteiger partial charge in [-0.25, -0.2) is 0 Å². The molecular formula is C25H28P2S. The molecule has 0 aromatic heterocycles. The van der Waals surface area contributed by atoms with E-state index in [1.807, 2.05) is 0 Å². The summed E-state index contributed by atoms with van der Waals surface area (Å²) in [4.78, 5) is 0. The van der Waals surface area contributed by atoms with E-state index in [1.54, 1.807) is 0 Å². The molecule has 0 saturated carbocycles. The maximum Gasteiger partial charge on any atom is -0.00745 e. The third-order valence-electron chi connectivity index (χ3n) is 5.93. The molecule has 3 aromatic carbocycles. The highest BCUT2D eigenvalue weighted by Crippen LogP contribution is 2.60. The quantitative estimate of drug-likeness (QED) is 0.448. The standard InChI is InChI=1S/C25H28P2S/c1-21(20-25-18-11-19-27(25,28)24-16-9-4-10-17-24)26(22-12-5-2-6-13-22)23-14-7-3-8-15-23/h2-10,12-17,21,25H,11,18-20H2,1H3/t21-,25+,27?/m0/s1. The highest BCUT2D eigenvalue weighted by atomic mass is 32.4. The molecule has 3 heteroatoms. The summed E-state index contributed by atoms with van der Waals surface area (Å²) >= 11 is 6.41. The zero-order valence-electron chi connectivity index (χ0n) is 16.4. The molecule has 4 rings (SSSR count). The van der Waals surface area contributed by atoms with Gasteiger partial charge < -0.3 is 0 Å². The van der Waals surface area contributed by atoms with Gasteiger partial charge in [0.1, 0.15) is 0 Å². The van der Waals surface area contributed by atoms with Gasteiger partial charge in [0.25, 0.3) is 0 Å². The van der Waals surface area contributed by atoms with Gasteiger partial charge in [-0.2, -0.15) is 0 Å². The zero-order chi connectivity index (χ0) is 19.4. The summed E-state index contributed by atoms with van der Waals surface area (Å²) in [7, 11) is -0.367. The van der Waals surface area contributed by atoms with Gasteiger partial charge in [-0.3, -0.25) is 0 Å². The van der Waals surface area contributed by atoms with Gasteiger partial charge in [-0.15, -0.1) is 0 Å².